The Morgan fingerprint density at radius 1 is 1.64 bits per heavy atom. The molecule has 0 radical (unpaired) electrons. The smallest absolute Gasteiger partial charge is 0.330 e. The summed E-state index contributed by atoms with van der Waals surface area (Å²) in [7, 11) is 0. The number of hydrogen-bond donors (Lipinski definition) is 1. The third-order valence-corrected chi connectivity index (χ3v) is 0.843. The molecule has 0 aromatic carbocycles. The van der Waals surface area contributed by atoms with Gasteiger partial charge < -0.3 is 14.7 Å². The lowest BCUT2D eigenvalue weighted by Gasteiger charge is -2.00. The average Bonchev–Trinajstić information content (AvgIpc) is 2.11. The fourth-order valence-corrected chi connectivity index (χ4v) is 0.404. The van der Waals surface area contributed by atoms with Gasteiger partial charge in [0.1, 0.15) is 6.61 Å². The molecule has 0 aromatic rings. The molecule has 1 N–H and O–H groups in total. The predicted molar refractivity (Wildman–Crippen MR) is 46.4 cm³/mol. The Bertz CT molecular complexity index is 177. The van der Waals surface area contributed by atoms with Crippen molar-refractivity contribution in [2.24, 2.45) is 0 Å². The fraction of sp³-hybridized carbons (Fsp3) is 0.571. The van der Waals surface area contributed by atoms with Crippen molar-refractivity contribution >= 4 is 5.97 Å². The molecule has 7 nitrogen and oxygen atoms in total. The van der Waals surface area contributed by atoms with Crippen LogP contribution in [0.2, 0.25) is 0 Å². The van der Waals surface area contributed by atoms with Crippen LogP contribution in [0.3, 0.4) is 0 Å². The number of rotatable bonds is 5. The molecule has 7 heteroatoms. The molecule has 0 aromatic heterocycles. The SMILES string of the molecule is C=CC(=O)OCCOCC.O=[N+]([O-])O. The molecule has 0 rings (SSSR count). The van der Waals surface area contributed by atoms with E-state index in [0.717, 1.165) is 6.08 Å². The molecule has 0 spiro atoms. The van der Waals surface area contributed by atoms with Gasteiger partial charge in [-0.3, -0.25) is 0 Å². The third-order valence-electron chi connectivity index (χ3n) is 0.843. The third kappa shape index (κ3) is 22.4. The molecular weight excluding hydrogens is 194 g/mol. The molecule has 0 saturated carbocycles. The van der Waals surface area contributed by atoms with Crippen molar-refractivity contribution < 1.29 is 24.6 Å². The summed E-state index contributed by atoms with van der Waals surface area (Å²) in [5.74, 6) is -0.403. The van der Waals surface area contributed by atoms with Crippen LogP contribution in [-0.4, -0.2) is 36.1 Å². The van der Waals surface area contributed by atoms with Crippen LogP contribution in [0.4, 0.5) is 0 Å². The molecule has 82 valence electrons. The predicted octanol–water partition coefficient (Wildman–Crippen LogP) is 0.404. The minimum Gasteiger partial charge on any atom is -0.460 e. The highest BCUT2D eigenvalue weighted by Gasteiger charge is 1.92. The van der Waals surface area contributed by atoms with E-state index >= 15 is 0 Å². The summed E-state index contributed by atoms with van der Waals surface area (Å²) in [6, 6.07) is 0. The van der Waals surface area contributed by atoms with Crippen LogP contribution in [0.5, 0.6) is 0 Å². The summed E-state index contributed by atoms with van der Waals surface area (Å²) in [4.78, 5) is 18.7. The van der Waals surface area contributed by atoms with Gasteiger partial charge in [0.15, 0.2) is 0 Å². The lowest BCUT2D eigenvalue weighted by atomic mass is 10.6. The first-order valence-electron chi connectivity index (χ1n) is 3.74. The Labute approximate surface area is 81.0 Å². The number of ether oxygens (including phenoxy) is 2. The number of carbonyl (C=O) groups is 1. The highest BCUT2D eigenvalue weighted by Crippen LogP contribution is 1.80. The van der Waals surface area contributed by atoms with Gasteiger partial charge in [0.2, 0.25) is 0 Å². The molecule has 0 heterocycles. The summed E-state index contributed by atoms with van der Waals surface area (Å²) in [6.07, 6.45) is 1.13. The molecule has 0 atom stereocenters. The lowest BCUT2D eigenvalue weighted by molar-refractivity contribution is -0.742. The number of carbonyl (C=O) groups excluding carboxylic acids is 1. The quantitative estimate of drug-likeness (QED) is 0.230. The Morgan fingerprint density at radius 2 is 2.14 bits per heavy atom. The summed E-state index contributed by atoms with van der Waals surface area (Å²) < 4.78 is 9.53. The van der Waals surface area contributed by atoms with E-state index in [0.29, 0.717) is 19.8 Å². The second-order valence-corrected chi connectivity index (χ2v) is 1.81. The maximum Gasteiger partial charge on any atom is 0.330 e. The highest BCUT2D eigenvalue weighted by molar-refractivity contribution is 5.81. The molecule has 0 bridgehead atoms. The molecule has 14 heavy (non-hydrogen) atoms. The first-order chi connectivity index (χ1) is 6.54. The normalized spacial score (nSPS) is 8.07. The molecule has 0 amide bonds. The zero-order valence-corrected chi connectivity index (χ0v) is 7.84. The Balaban J connectivity index is 0. The largest absolute Gasteiger partial charge is 0.460 e. The molecular formula is C7H13NO6. The zero-order chi connectivity index (χ0) is 11.4. The summed E-state index contributed by atoms with van der Waals surface area (Å²) in [6.45, 7) is 6.53. The van der Waals surface area contributed by atoms with Crippen LogP contribution < -0.4 is 0 Å². The van der Waals surface area contributed by atoms with Gasteiger partial charge in [-0.2, -0.15) is 0 Å². The van der Waals surface area contributed by atoms with Gasteiger partial charge in [0, 0.05) is 12.7 Å². The van der Waals surface area contributed by atoms with Crippen molar-refractivity contribution in [2.75, 3.05) is 19.8 Å². The van der Waals surface area contributed by atoms with Gasteiger partial charge in [-0.05, 0) is 6.92 Å². The van der Waals surface area contributed by atoms with Crippen LogP contribution in [-0.2, 0) is 14.3 Å². The molecule has 0 unspecified atom stereocenters. The second-order valence-electron chi connectivity index (χ2n) is 1.81. The average molecular weight is 207 g/mol. The maximum absolute atomic E-state index is 10.4. The van der Waals surface area contributed by atoms with Crippen molar-refractivity contribution in [3.63, 3.8) is 0 Å². The van der Waals surface area contributed by atoms with E-state index in [2.05, 4.69) is 11.3 Å². The van der Waals surface area contributed by atoms with Crippen molar-refractivity contribution in [1.82, 2.24) is 0 Å². The molecule has 0 aliphatic heterocycles. The topological polar surface area (TPSA) is 98.9 Å². The van der Waals surface area contributed by atoms with Crippen LogP contribution >= 0.6 is 0 Å². The summed E-state index contributed by atoms with van der Waals surface area (Å²) >= 11 is 0. The minimum absolute atomic E-state index is 0.304. The van der Waals surface area contributed by atoms with Crippen molar-refractivity contribution in [2.45, 2.75) is 6.92 Å². The van der Waals surface area contributed by atoms with Crippen LogP contribution in [0, 0.1) is 10.1 Å². The first kappa shape index (κ1) is 14.9. The van der Waals surface area contributed by atoms with Crippen molar-refractivity contribution in [3.05, 3.63) is 22.8 Å². The Kier molecular flexibility index (Phi) is 12.1. The Morgan fingerprint density at radius 3 is 2.50 bits per heavy atom. The highest BCUT2D eigenvalue weighted by atomic mass is 16.9. The second kappa shape index (κ2) is 11.4. The zero-order valence-electron chi connectivity index (χ0n) is 7.84. The van der Waals surface area contributed by atoms with Crippen molar-refractivity contribution in [3.8, 4) is 0 Å². The van der Waals surface area contributed by atoms with Gasteiger partial charge in [-0.1, -0.05) is 6.58 Å². The molecule has 0 fully saturated rings. The minimum atomic E-state index is -1.50. The molecule has 0 aliphatic rings. The maximum atomic E-state index is 10.4. The lowest BCUT2D eigenvalue weighted by Crippen LogP contribution is -2.07. The summed E-state index contributed by atoms with van der Waals surface area (Å²) in [5.41, 5.74) is 0. The van der Waals surface area contributed by atoms with Gasteiger partial charge in [-0.15, -0.1) is 10.1 Å². The fourth-order valence-electron chi connectivity index (χ4n) is 0.404. The van der Waals surface area contributed by atoms with E-state index in [1.165, 1.54) is 0 Å². The number of nitrogens with zero attached hydrogens (tertiary/aromatic N) is 1. The van der Waals surface area contributed by atoms with E-state index in [-0.39, 0.29) is 0 Å². The van der Waals surface area contributed by atoms with Gasteiger partial charge >= 0.3 is 5.97 Å². The number of hydrogen-bond acceptors (Lipinski definition) is 5. The number of esters is 1. The van der Waals surface area contributed by atoms with E-state index in [4.69, 9.17) is 20.1 Å². The van der Waals surface area contributed by atoms with Crippen LogP contribution in [0.25, 0.3) is 0 Å². The monoisotopic (exact) mass is 207 g/mol. The van der Waals surface area contributed by atoms with E-state index in [1.807, 2.05) is 6.92 Å². The van der Waals surface area contributed by atoms with Crippen LogP contribution in [0.1, 0.15) is 6.92 Å². The molecule has 0 saturated heterocycles. The summed E-state index contributed by atoms with van der Waals surface area (Å²) in [5, 5.41) is 13.6. The van der Waals surface area contributed by atoms with Crippen LogP contribution in [0.15, 0.2) is 12.7 Å². The first-order valence-corrected chi connectivity index (χ1v) is 3.74. The van der Waals surface area contributed by atoms with E-state index in [9.17, 15) is 4.79 Å². The van der Waals surface area contributed by atoms with Gasteiger partial charge in [-0.25, -0.2) is 4.79 Å². The van der Waals surface area contributed by atoms with E-state index < -0.39 is 11.1 Å². The Hall–Kier alpha value is -1.63. The molecule has 0 aliphatic carbocycles. The van der Waals surface area contributed by atoms with Gasteiger partial charge in [0.05, 0.1) is 6.61 Å². The van der Waals surface area contributed by atoms with Gasteiger partial charge in [0.25, 0.3) is 5.09 Å². The standard InChI is InChI=1S/C7H12O3.HNO3/c1-3-7(8)10-6-5-9-4-2;2-1(3)4/h3H,1,4-6H2,2H3;(H,2,3,4). The van der Waals surface area contributed by atoms with Crippen molar-refractivity contribution in [1.29, 1.82) is 0 Å². The van der Waals surface area contributed by atoms with E-state index in [1.54, 1.807) is 0 Å².